The van der Waals surface area contributed by atoms with Crippen LogP contribution in [-0.2, 0) is 13.6 Å². The Bertz CT molecular complexity index is 684. The van der Waals surface area contributed by atoms with E-state index in [-0.39, 0.29) is 12.2 Å². The maximum Gasteiger partial charge on any atom is 0.365 e. The van der Waals surface area contributed by atoms with Crippen LogP contribution < -0.4 is 0 Å². The smallest absolute Gasteiger partial charge is 0.365 e. The Labute approximate surface area is 129 Å². The van der Waals surface area contributed by atoms with Gasteiger partial charge in [0.15, 0.2) is 5.85 Å². The summed E-state index contributed by atoms with van der Waals surface area (Å²) in [7, 11) is -3.78. The van der Waals surface area contributed by atoms with Crippen LogP contribution in [0, 0.1) is 6.92 Å². The number of aliphatic hydroxyl groups excluding tert-OH is 1. The van der Waals surface area contributed by atoms with Gasteiger partial charge in [0.25, 0.3) is 0 Å². The molecule has 2 aromatic heterocycles. The third kappa shape index (κ3) is 3.38. The predicted octanol–water partition coefficient (Wildman–Crippen LogP) is 3.07. The number of aromatic nitrogens is 3. The van der Waals surface area contributed by atoms with Crippen molar-refractivity contribution in [2.24, 2.45) is 0 Å². The number of rotatable bonds is 6. The first-order valence-corrected chi connectivity index (χ1v) is 8.80. The first-order valence-electron chi connectivity index (χ1n) is 7.18. The normalized spacial score (nSPS) is 14.2. The SMILES string of the molecule is Cc1nc2ncccn2c1C(O)P(=O)(OC(C)C)OC(C)C. The van der Waals surface area contributed by atoms with Gasteiger partial charge in [0.1, 0.15) is 0 Å². The van der Waals surface area contributed by atoms with Crippen LogP contribution in [-0.4, -0.2) is 31.7 Å². The molecule has 0 aromatic carbocycles. The zero-order valence-electron chi connectivity index (χ0n) is 13.4. The molecule has 22 heavy (non-hydrogen) atoms. The molecule has 0 saturated carbocycles. The zero-order valence-corrected chi connectivity index (χ0v) is 14.3. The van der Waals surface area contributed by atoms with Gasteiger partial charge in [0.05, 0.1) is 23.6 Å². The Kier molecular flexibility index (Phi) is 5.02. The molecular weight excluding hydrogens is 305 g/mol. The van der Waals surface area contributed by atoms with Crippen molar-refractivity contribution in [2.75, 3.05) is 0 Å². The highest BCUT2D eigenvalue weighted by Gasteiger charge is 2.40. The first kappa shape index (κ1) is 17.1. The molecule has 0 spiro atoms. The summed E-state index contributed by atoms with van der Waals surface area (Å²) in [6.07, 6.45) is 2.61. The van der Waals surface area contributed by atoms with Crippen molar-refractivity contribution in [3.8, 4) is 0 Å². The van der Waals surface area contributed by atoms with E-state index >= 15 is 0 Å². The van der Waals surface area contributed by atoms with E-state index in [1.165, 1.54) is 0 Å². The van der Waals surface area contributed by atoms with Gasteiger partial charge in [-0.1, -0.05) is 0 Å². The van der Waals surface area contributed by atoms with E-state index in [1.54, 1.807) is 57.5 Å². The Hall–Kier alpha value is -1.27. The van der Waals surface area contributed by atoms with Crippen molar-refractivity contribution in [1.29, 1.82) is 0 Å². The number of fused-ring (bicyclic) bond motifs is 1. The van der Waals surface area contributed by atoms with E-state index in [0.717, 1.165) is 0 Å². The van der Waals surface area contributed by atoms with Crippen LogP contribution in [0.2, 0.25) is 0 Å². The lowest BCUT2D eigenvalue weighted by Gasteiger charge is -2.26. The zero-order chi connectivity index (χ0) is 16.5. The molecule has 1 atom stereocenters. The van der Waals surface area contributed by atoms with Gasteiger partial charge in [-0.25, -0.2) is 9.97 Å². The lowest BCUT2D eigenvalue weighted by Crippen LogP contribution is -2.15. The summed E-state index contributed by atoms with van der Waals surface area (Å²) in [6.45, 7) is 8.69. The van der Waals surface area contributed by atoms with Gasteiger partial charge in [0, 0.05) is 12.4 Å². The third-order valence-electron chi connectivity index (χ3n) is 2.88. The lowest BCUT2D eigenvalue weighted by molar-refractivity contribution is 0.0994. The second kappa shape index (κ2) is 6.46. The molecule has 0 aliphatic rings. The Morgan fingerprint density at radius 1 is 1.23 bits per heavy atom. The van der Waals surface area contributed by atoms with Crippen LogP contribution in [0.15, 0.2) is 18.5 Å². The second-order valence-corrected chi connectivity index (χ2v) is 7.58. The summed E-state index contributed by atoms with van der Waals surface area (Å²) < 4.78 is 25.6. The van der Waals surface area contributed by atoms with E-state index in [1.807, 2.05) is 0 Å². The average molecular weight is 327 g/mol. The first-order chi connectivity index (χ1) is 10.2. The summed E-state index contributed by atoms with van der Waals surface area (Å²) in [5, 5.41) is 10.7. The third-order valence-corrected chi connectivity index (χ3v) is 5.16. The summed E-state index contributed by atoms with van der Waals surface area (Å²) in [4.78, 5) is 8.38. The molecule has 0 aliphatic carbocycles. The minimum Gasteiger partial charge on any atom is -0.375 e. The summed E-state index contributed by atoms with van der Waals surface area (Å²) >= 11 is 0. The van der Waals surface area contributed by atoms with Gasteiger partial charge >= 0.3 is 7.60 Å². The fourth-order valence-electron chi connectivity index (χ4n) is 2.20. The van der Waals surface area contributed by atoms with Crippen LogP contribution in [0.5, 0.6) is 0 Å². The van der Waals surface area contributed by atoms with Crippen molar-refractivity contribution in [3.05, 3.63) is 29.8 Å². The molecule has 2 rings (SSSR count). The Morgan fingerprint density at radius 3 is 2.36 bits per heavy atom. The van der Waals surface area contributed by atoms with Crippen LogP contribution in [0.25, 0.3) is 5.78 Å². The fraction of sp³-hybridized carbons (Fsp3) is 0.571. The van der Waals surface area contributed by atoms with Gasteiger partial charge in [-0.3, -0.25) is 8.97 Å². The molecule has 2 heterocycles. The highest BCUT2D eigenvalue weighted by molar-refractivity contribution is 7.54. The van der Waals surface area contributed by atoms with Crippen LogP contribution in [0.3, 0.4) is 0 Å². The molecule has 7 nitrogen and oxygen atoms in total. The highest BCUT2D eigenvalue weighted by atomic mass is 31.2. The van der Waals surface area contributed by atoms with E-state index in [9.17, 15) is 9.67 Å². The minimum absolute atomic E-state index is 0.350. The lowest BCUT2D eigenvalue weighted by atomic mass is 10.3. The van der Waals surface area contributed by atoms with Crippen molar-refractivity contribution in [2.45, 2.75) is 52.7 Å². The van der Waals surface area contributed by atoms with E-state index in [2.05, 4.69) is 9.97 Å². The van der Waals surface area contributed by atoms with Gasteiger partial charge in [-0.2, -0.15) is 0 Å². The second-order valence-electron chi connectivity index (χ2n) is 5.59. The number of nitrogens with zero attached hydrogens (tertiary/aromatic N) is 3. The van der Waals surface area contributed by atoms with Gasteiger partial charge in [-0.05, 0) is 40.7 Å². The monoisotopic (exact) mass is 327 g/mol. The topological polar surface area (TPSA) is 86.0 Å². The molecule has 1 N–H and O–H groups in total. The van der Waals surface area contributed by atoms with Crippen LogP contribution in [0.1, 0.15) is 44.9 Å². The van der Waals surface area contributed by atoms with Crippen LogP contribution >= 0.6 is 7.60 Å². The maximum atomic E-state index is 13.1. The Morgan fingerprint density at radius 2 is 1.82 bits per heavy atom. The molecular formula is C14H22N3O4P. The molecule has 0 bridgehead atoms. The molecule has 0 aliphatic heterocycles. The predicted molar refractivity (Wildman–Crippen MR) is 82.7 cm³/mol. The van der Waals surface area contributed by atoms with Crippen molar-refractivity contribution in [1.82, 2.24) is 14.4 Å². The molecule has 122 valence electrons. The summed E-state index contributed by atoms with van der Waals surface area (Å²) in [6, 6.07) is 1.71. The number of aryl methyl sites for hydroxylation is 1. The molecule has 1 unspecified atom stereocenters. The number of imidazole rings is 1. The molecule has 0 radical (unpaired) electrons. The molecule has 0 saturated heterocycles. The largest absolute Gasteiger partial charge is 0.375 e. The average Bonchev–Trinajstić information content (AvgIpc) is 2.71. The standard InChI is InChI=1S/C14H22N3O4P/c1-9(2)20-22(19,21-10(3)4)13(18)12-11(5)16-14-15-7-6-8-17(12)14/h6-10,13,18H,1-5H3. The van der Waals surface area contributed by atoms with Gasteiger partial charge < -0.3 is 14.2 Å². The van der Waals surface area contributed by atoms with E-state index < -0.39 is 13.4 Å². The number of aliphatic hydroxyl groups is 1. The van der Waals surface area contributed by atoms with Crippen LogP contribution in [0.4, 0.5) is 0 Å². The molecule has 8 heteroatoms. The van der Waals surface area contributed by atoms with E-state index in [0.29, 0.717) is 17.2 Å². The maximum absolute atomic E-state index is 13.1. The highest BCUT2D eigenvalue weighted by Crippen LogP contribution is 2.61. The van der Waals surface area contributed by atoms with Crippen molar-refractivity contribution >= 4 is 13.4 Å². The minimum atomic E-state index is -3.78. The van der Waals surface area contributed by atoms with E-state index in [4.69, 9.17) is 9.05 Å². The quantitative estimate of drug-likeness (QED) is 0.821. The summed E-state index contributed by atoms with van der Waals surface area (Å²) in [5.41, 5.74) is 0.902. The number of hydrogen-bond acceptors (Lipinski definition) is 6. The van der Waals surface area contributed by atoms with Gasteiger partial charge in [0.2, 0.25) is 5.78 Å². The molecule has 0 fully saturated rings. The van der Waals surface area contributed by atoms with Crippen molar-refractivity contribution in [3.63, 3.8) is 0 Å². The molecule has 2 aromatic rings. The molecule has 0 amide bonds. The Balaban J connectivity index is 2.51. The summed E-state index contributed by atoms with van der Waals surface area (Å²) in [5.74, 6) is -1.01. The number of hydrogen-bond donors (Lipinski definition) is 1. The van der Waals surface area contributed by atoms with Gasteiger partial charge in [-0.15, -0.1) is 0 Å². The fourth-order valence-corrected chi connectivity index (χ4v) is 4.27. The van der Waals surface area contributed by atoms with Crippen molar-refractivity contribution < 1.29 is 18.7 Å².